The second kappa shape index (κ2) is 9.84. The Morgan fingerprint density at radius 1 is 1.24 bits per heavy atom. The van der Waals surface area contributed by atoms with E-state index in [0.29, 0.717) is 23.8 Å². The number of fused-ring (bicyclic) bond motifs is 1. The molecule has 1 atom stereocenters. The number of aromatic amines is 1. The third-order valence-corrected chi connectivity index (χ3v) is 5.75. The van der Waals surface area contributed by atoms with Gasteiger partial charge in [0.15, 0.2) is 0 Å². The molecule has 8 nitrogen and oxygen atoms in total. The first-order valence-electron chi connectivity index (χ1n) is 10.6. The molecule has 1 fully saturated rings. The third-order valence-electron chi connectivity index (χ3n) is 5.75. The van der Waals surface area contributed by atoms with Crippen molar-refractivity contribution in [1.29, 1.82) is 0 Å². The molecule has 0 aliphatic carbocycles. The van der Waals surface area contributed by atoms with E-state index in [4.69, 9.17) is 14.2 Å². The Kier molecular flexibility index (Phi) is 6.89. The highest BCUT2D eigenvalue weighted by molar-refractivity contribution is 5.82. The molecule has 11 heteroatoms. The number of halogens is 3. The van der Waals surface area contributed by atoms with Gasteiger partial charge < -0.3 is 24.5 Å². The number of nitrogens with zero attached hydrogens (tertiary/aromatic N) is 3. The molecule has 2 aromatic heterocycles. The first-order valence-corrected chi connectivity index (χ1v) is 10.6. The largest absolute Gasteiger partial charge is 0.495 e. The first-order chi connectivity index (χ1) is 16.0. The second-order valence-corrected chi connectivity index (χ2v) is 7.52. The van der Waals surface area contributed by atoms with Gasteiger partial charge in [-0.3, -0.25) is 4.90 Å². The lowest BCUT2D eigenvalue weighted by Gasteiger charge is -2.43. The molecule has 3 aromatic rings. The summed E-state index contributed by atoms with van der Waals surface area (Å²) in [5, 5.41) is 3.78. The van der Waals surface area contributed by atoms with Crippen LogP contribution in [0.25, 0.3) is 11.0 Å². The first kappa shape index (κ1) is 23.1. The number of benzene rings is 1. The van der Waals surface area contributed by atoms with E-state index in [1.54, 1.807) is 12.3 Å². The molecule has 1 aliphatic rings. The average molecular weight is 465 g/mol. The highest BCUT2D eigenvalue weighted by Crippen LogP contribution is 2.40. The Morgan fingerprint density at radius 3 is 2.70 bits per heavy atom. The minimum Gasteiger partial charge on any atom is -0.495 e. The Morgan fingerprint density at radius 2 is 2.03 bits per heavy atom. The summed E-state index contributed by atoms with van der Waals surface area (Å²) in [4.78, 5) is 13.3. The van der Waals surface area contributed by atoms with E-state index in [1.165, 1.54) is 24.1 Å². The monoisotopic (exact) mass is 465 g/mol. The number of methoxy groups -OCH3 is 1. The van der Waals surface area contributed by atoms with Gasteiger partial charge in [-0.2, -0.15) is 9.97 Å². The summed E-state index contributed by atoms with van der Waals surface area (Å²) in [5.74, 6) is 0.897. The van der Waals surface area contributed by atoms with Crippen LogP contribution < -0.4 is 14.8 Å². The normalized spacial score (nSPS) is 16.7. The molecule has 33 heavy (non-hydrogen) atoms. The SMILES string of the molecule is CCOc1nc(Nc2ccc(C(CF)(C(F)F)N3CCOCC3)cc2OC)nc2[nH]ccc12. The number of nitrogens with one attached hydrogen (secondary N) is 2. The minimum atomic E-state index is -2.95. The second-order valence-electron chi connectivity index (χ2n) is 7.52. The van der Waals surface area contributed by atoms with E-state index in [-0.39, 0.29) is 43.6 Å². The highest BCUT2D eigenvalue weighted by atomic mass is 19.3. The molecule has 0 bridgehead atoms. The van der Waals surface area contributed by atoms with Gasteiger partial charge in [0.25, 0.3) is 6.43 Å². The molecule has 1 aliphatic heterocycles. The van der Waals surface area contributed by atoms with Crippen molar-refractivity contribution in [3.63, 3.8) is 0 Å². The molecule has 0 amide bonds. The van der Waals surface area contributed by atoms with Crippen molar-refractivity contribution in [2.45, 2.75) is 18.9 Å². The van der Waals surface area contributed by atoms with Gasteiger partial charge in [0.2, 0.25) is 11.8 Å². The maximum absolute atomic E-state index is 14.3. The van der Waals surface area contributed by atoms with Crippen LogP contribution in [0.3, 0.4) is 0 Å². The summed E-state index contributed by atoms with van der Waals surface area (Å²) in [6.07, 6.45) is -1.22. The van der Waals surface area contributed by atoms with Crippen LogP contribution in [0.2, 0.25) is 0 Å². The summed E-state index contributed by atoms with van der Waals surface area (Å²) >= 11 is 0. The van der Waals surface area contributed by atoms with E-state index in [2.05, 4.69) is 20.3 Å². The smallest absolute Gasteiger partial charge is 0.263 e. The number of hydrogen-bond acceptors (Lipinski definition) is 7. The van der Waals surface area contributed by atoms with E-state index in [1.807, 2.05) is 13.0 Å². The minimum absolute atomic E-state index is 0.125. The molecular weight excluding hydrogens is 439 g/mol. The van der Waals surface area contributed by atoms with E-state index in [9.17, 15) is 13.2 Å². The van der Waals surface area contributed by atoms with Crippen LogP contribution in [0.15, 0.2) is 30.5 Å². The van der Waals surface area contributed by atoms with Crippen molar-refractivity contribution in [1.82, 2.24) is 19.9 Å². The van der Waals surface area contributed by atoms with Crippen LogP contribution in [0.4, 0.5) is 24.8 Å². The Labute approximate surface area is 189 Å². The quantitative estimate of drug-likeness (QED) is 0.496. The van der Waals surface area contributed by atoms with Crippen molar-refractivity contribution in [2.75, 3.05) is 52.0 Å². The lowest BCUT2D eigenvalue weighted by molar-refractivity contribution is -0.107. The van der Waals surface area contributed by atoms with Crippen molar-refractivity contribution < 1.29 is 27.4 Å². The Bertz CT molecular complexity index is 1090. The Hall–Kier alpha value is -3.05. The van der Waals surface area contributed by atoms with Crippen LogP contribution in [-0.2, 0) is 10.3 Å². The number of H-pyrrole nitrogens is 1. The zero-order valence-corrected chi connectivity index (χ0v) is 18.4. The third kappa shape index (κ3) is 4.30. The zero-order valence-electron chi connectivity index (χ0n) is 18.4. The van der Waals surface area contributed by atoms with Crippen LogP contribution in [0.1, 0.15) is 12.5 Å². The molecule has 1 saturated heterocycles. The molecule has 2 N–H and O–H groups in total. The summed E-state index contributed by atoms with van der Waals surface area (Å²) in [7, 11) is 1.42. The van der Waals surface area contributed by atoms with E-state index < -0.39 is 18.6 Å². The molecule has 1 aromatic carbocycles. The zero-order chi connectivity index (χ0) is 23.4. The number of aromatic nitrogens is 3. The number of alkyl halides is 3. The van der Waals surface area contributed by atoms with Crippen LogP contribution in [0, 0.1) is 0 Å². The molecule has 3 heterocycles. The number of morpholine rings is 1. The van der Waals surface area contributed by atoms with Gasteiger partial charge in [-0.05, 0) is 30.7 Å². The van der Waals surface area contributed by atoms with Crippen molar-refractivity contribution >= 4 is 22.7 Å². The van der Waals surface area contributed by atoms with Crippen molar-refractivity contribution in [2.24, 2.45) is 0 Å². The van der Waals surface area contributed by atoms with Crippen molar-refractivity contribution in [3.05, 3.63) is 36.0 Å². The summed E-state index contributed by atoms with van der Waals surface area (Å²) in [6, 6.07) is 6.28. The summed E-state index contributed by atoms with van der Waals surface area (Å²) < 4.78 is 59.3. The number of anilines is 2. The predicted molar refractivity (Wildman–Crippen MR) is 117 cm³/mol. The highest BCUT2D eigenvalue weighted by Gasteiger charge is 2.48. The maximum Gasteiger partial charge on any atom is 0.263 e. The van der Waals surface area contributed by atoms with Gasteiger partial charge in [0.1, 0.15) is 23.6 Å². The molecule has 0 saturated carbocycles. The van der Waals surface area contributed by atoms with Gasteiger partial charge >= 0.3 is 0 Å². The lowest BCUT2D eigenvalue weighted by Crippen LogP contribution is -2.57. The summed E-state index contributed by atoms with van der Waals surface area (Å²) in [5.41, 5.74) is -0.941. The molecule has 4 rings (SSSR count). The fraction of sp³-hybridized carbons (Fsp3) is 0.455. The van der Waals surface area contributed by atoms with Gasteiger partial charge in [0, 0.05) is 19.3 Å². The van der Waals surface area contributed by atoms with Crippen LogP contribution >= 0.6 is 0 Å². The van der Waals surface area contributed by atoms with E-state index in [0.717, 1.165) is 5.39 Å². The van der Waals surface area contributed by atoms with Gasteiger partial charge in [-0.1, -0.05) is 6.07 Å². The fourth-order valence-electron chi connectivity index (χ4n) is 4.03. The number of hydrogen-bond donors (Lipinski definition) is 2. The van der Waals surface area contributed by atoms with Crippen LogP contribution in [-0.4, -0.2) is 73.0 Å². The van der Waals surface area contributed by atoms with Crippen LogP contribution in [0.5, 0.6) is 11.6 Å². The number of ether oxygens (including phenoxy) is 3. The molecule has 1 unspecified atom stereocenters. The average Bonchev–Trinajstić information content (AvgIpc) is 3.30. The fourth-order valence-corrected chi connectivity index (χ4v) is 4.03. The van der Waals surface area contributed by atoms with Gasteiger partial charge in [-0.25, -0.2) is 13.2 Å². The lowest BCUT2D eigenvalue weighted by atomic mass is 9.88. The van der Waals surface area contributed by atoms with Crippen molar-refractivity contribution in [3.8, 4) is 11.6 Å². The standard InChI is InChI=1S/C22H26F3N5O3/c1-3-33-19-15-6-7-26-18(15)28-21(29-19)27-16-5-4-14(12-17(16)31-2)22(13-23,20(24)25)30-8-10-32-11-9-30/h4-7,12,20H,3,8-11,13H2,1-2H3,(H2,26,27,28,29). The molecular formula is C22H26F3N5O3. The van der Waals surface area contributed by atoms with Gasteiger partial charge in [0.05, 0.1) is 38.0 Å². The summed E-state index contributed by atoms with van der Waals surface area (Å²) in [6.45, 7) is 1.99. The van der Waals surface area contributed by atoms with E-state index >= 15 is 0 Å². The number of rotatable bonds is 9. The Balaban J connectivity index is 1.70. The maximum atomic E-state index is 14.3. The predicted octanol–water partition coefficient (Wildman–Crippen LogP) is 3.87. The molecule has 178 valence electrons. The molecule has 0 spiro atoms. The topological polar surface area (TPSA) is 84.5 Å². The molecule has 0 radical (unpaired) electrons. The van der Waals surface area contributed by atoms with Gasteiger partial charge in [-0.15, -0.1) is 0 Å².